The Morgan fingerprint density at radius 2 is 1.71 bits per heavy atom. The van der Waals surface area contributed by atoms with Crippen LogP contribution >= 0.6 is 0 Å². The van der Waals surface area contributed by atoms with Gasteiger partial charge in [-0.15, -0.1) is 0 Å². The van der Waals surface area contributed by atoms with E-state index in [1.54, 1.807) is 0 Å². The second-order valence-corrected chi connectivity index (χ2v) is 5.72. The lowest BCUT2D eigenvalue weighted by atomic mass is 10.0. The van der Waals surface area contributed by atoms with E-state index in [0.717, 1.165) is 11.4 Å². The van der Waals surface area contributed by atoms with Crippen LogP contribution in [0.4, 0.5) is 11.4 Å². The molecule has 4 rings (SSSR count). The van der Waals surface area contributed by atoms with Crippen molar-refractivity contribution in [2.75, 3.05) is 11.5 Å². The zero-order valence-corrected chi connectivity index (χ0v) is 12.8. The first-order chi connectivity index (χ1) is 11.8. The molecule has 1 saturated heterocycles. The summed E-state index contributed by atoms with van der Waals surface area (Å²) in [6, 6.07) is 14.7. The smallest absolute Gasteiger partial charge is 0.161 e. The highest BCUT2D eigenvalue weighted by Crippen LogP contribution is 2.48. The van der Waals surface area contributed by atoms with Crippen molar-refractivity contribution in [3.63, 3.8) is 0 Å². The molecular weight excluding hydrogens is 308 g/mol. The number of azide groups is 1. The van der Waals surface area contributed by atoms with Crippen LogP contribution in [0.25, 0.3) is 10.4 Å². The van der Waals surface area contributed by atoms with Gasteiger partial charge in [-0.2, -0.15) is 0 Å². The molecule has 0 aliphatic carbocycles. The minimum Gasteiger partial charge on any atom is -0.453 e. The number of rotatable bonds is 2. The van der Waals surface area contributed by atoms with Gasteiger partial charge >= 0.3 is 0 Å². The van der Waals surface area contributed by atoms with Gasteiger partial charge in [0.25, 0.3) is 0 Å². The number of para-hydroxylation sites is 4. The average molecular weight is 324 g/mol. The van der Waals surface area contributed by atoms with E-state index < -0.39 is 18.4 Å². The monoisotopic (exact) mass is 324 g/mol. The predicted octanol–water partition coefficient (Wildman–Crippen LogP) is 3.72. The normalized spacial score (nSPS) is 25.0. The molecule has 0 saturated carbocycles. The topological polar surface area (TPSA) is 90.7 Å². The molecule has 0 amide bonds. The molecule has 7 nitrogen and oxygen atoms in total. The molecule has 0 spiro atoms. The lowest BCUT2D eigenvalue weighted by Crippen LogP contribution is -2.52. The summed E-state index contributed by atoms with van der Waals surface area (Å²) in [4.78, 5) is 4.76. The number of benzene rings is 2. The lowest BCUT2D eigenvalue weighted by molar-refractivity contribution is -0.0798. The van der Waals surface area contributed by atoms with E-state index in [2.05, 4.69) is 10.0 Å². The van der Waals surface area contributed by atoms with Gasteiger partial charge in [0, 0.05) is 11.5 Å². The molecule has 2 aliphatic rings. The molecule has 0 aromatic heterocycles. The van der Waals surface area contributed by atoms with Crippen LogP contribution in [0.2, 0.25) is 0 Å². The highest BCUT2D eigenvalue weighted by atomic mass is 16.5. The number of nitrogens with zero attached hydrogens (tertiary/aromatic N) is 4. The van der Waals surface area contributed by atoms with Crippen molar-refractivity contribution in [2.24, 2.45) is 5.11 Å². The zero-order valence-electron chi connectivity index (χ0n) is 12.8. The fourth-order valence-corrected chi connectivity index (χ4v) is 3.20. The van der Waals surface area contributed by atoms with Crippen molar-refractivity contribution in [1.29, 1.82) is 0 Å². The fraction of sp³-hybridized carbons (Fsp3) is 0.294. The standard InChI is InChI=1S/C17H16N4O3/c18-20-19-11-9-10-23-17(16(11)22)21-12-5-1-3-7-14(12)24-15-8-4-2-6-13(15)21/h1-8,11,16-17,22H,9-10H2. The third-order valence-electron chi connectivity index (χ3n) is 4.31. The van der Waals surface area contributed by atoms with Crippen LogP contribution in [0, 0.1) is 0 Å². The second-order valence-electron chi connectivity index (χ2n) is 5.72. The molecule has 2 heterocycles. The number of hydrogen-bond acceptors (Lipinski definition) is 5. The van der Waals surface area contributed by atoms with Crippen molar-refractivity contribution in [3.05, 3.63) is 59.0 Å². The van der Waals surface area contributed by atoms with Gasteiger partial charge in [0.05, 0.1) is 17.4 Å². The van der Waals surface area contributed by atoms with E-state index >= 15 is 0 Å². The molecule has 2 aromatic rings. The van der Waals surface area contributed by atoms with Crippen LogP contribution in [0.3, 0.4) is 0 Å². The van der Waals surface area contributed by atoms with Crippen LogP contribution in [0.15, 0.2) is 53.6 Å². The van der Waals surface area contributed by atoms with Crippen molar-refractivity contribution in [2.45, 2.75) is 24.8 Å². The number of aliphatic hydroxyl groups is 1. The maximum absolute atomic E-state index is 10.7. The summed E-state index contributed by atoms with van der Waals surface area (Å²) in [6.07, 6.45) is -1.09. The molecule has 24 heavy (non-hydrogen) atoms. The minimum absolute atomic E-state index is 0.410. The summed E-state index contributed by atoms with van der Waals surface area (Å²) in [5, 5.41) is 14.4. The van der Waals surface area contributed by atoms with Gasteiger partial charge in [-0.1, -0.05) is 29.4 Å². The van der Waals surface area contributed by atoms with Crippen molar-refractivity contribution in [3.8, 4) is 11.5 Å². The van der Waals surface area contributed by atoms with E-state index in [1.807, 2.05) is 53.4 Å². The number of anilines is 2. The van der Waals surface area contributed by atoms with E-state index in [4.69, 9.17) is 15.0 Å². The maximum atomic E-state index is 10.7. The molecule has 7 heteroatoms. The van der Waals surface area contributed by atoms with Gasteiger partial charge in [-0.05, 0) is 36.2 Å². The summed E-state index contributed by atoms with van der Waals surface area (Å²) >= 11 is 0. The molecule has 0 radical (unpaired) electrons. The minimum atomic E-state index is -0.936. The molecule has 3 atom stereocenters. The number of fused-ring (bicyclic) bond motifs is 2. The molecule has 0 bridgehead atoms. The van der Waals surface area contributed by atoms with Crippen LogP contribution in [-0.4, -0.2) is 30.1 Å². The Morgan fingerprint density at radius 1 is 1.08 bits per heavy atom. The predicted molar refractivity (Wildman–Crippen MR) is 88.4 cm³/mol. The zero-order chi connectivity index (χ0) is 16.5. The Labute approximate surface area is 138 Å². The molecule has 1 N–H and O–H groups in total. The number of hydrogen-bond donors (Lipinski definition) is 1. The second kappa shape index (κ2) is 6.05. The summed E-state index contributed by atoms with van der Waals surface area (Å²) in [7, 11) is 0. The summed E-state index contributed by atoms with van der Waals surface area (Å²) < 4.78 is 11.8. The van der Waals surface area contributed by atoms with E-state index in [9.17, 15) is 5.11 Å². The third-order valence-corrected chi connectivity index (χ3v) is 4.31. The van der Waals surface area contributed by atoms with Crippen molar-refractivity contribution < 1.29 is 14.6 Å². The summed E-state index contributed by atoms with van der Waals surface area (Å²) in [5.41, 5.74) is 10.3. The van der Waals surface area contributed by atoms with Gasteiger partial charge in [0.1, 0.15) is 6.10 Å². The lowest BCUT2D eigenvalue weighted by Gasteiger charge is -2.43. The van der Waals surface area contributed by atoms with Crippen LogP contribution < -0.4 is 9.64 Å². The first-order valence-electron chi connectivity index (χ1n) is 7.78. The molecule has 3 unspecified atom stereocenters. The van der Waals surface area contributed by atoms with Crippen LogP contribution in [-0.2, 0) is 4.74 Å². The number of aliphatic hydroxyl groups excluding tert-OH is 1. The Hall–Kier alpha value is -2.73. The third kappa shape index (κ3) is 2.35. The molecule has 122 valence electrons. The molecule has 2 aliphatic heterocycles. The van der Waals surface area contributed by atoms with Gasteiger partial charge in [-0.25, -0.2) is 0 Å². The van der Waals surface area contributed by atoms with Gasteiger partial charge < -0.3 is 19.5 Å². The maximum Gasteiger partial charge on any atom is 0.161 e. The average Bonchev–Trinajstić information content (AvgIpc) is 2.62. The largest absolute Gasteiger partial charge is 0.453 e. The van der Waals surface area contributed by atoms with Gasteiger partial charge in [-0.3, -0.25) is 0 Å². The quantitative estimate of drug-likeness (QED) is 0.518. The van der Waals surface area contributed by atoms with Crippen molar-refractivity contribution >= 4 is 11.4 Å². The SMILES string of the molecule is [N-]=[N+]=NC1CCOC(N2c3ccccc3Oc3ccccc32)C1O. The molecule has 2 aromatic carbocycles. The van der Waals surface area contributed by atoms with Gasteiger partial charge in [0.2, 0.25) is 0 Å². The summed E-state index contributed by atoms with van der Waals surface area (Å²) in [5.74, 6) is 1.39. The Kier molecular flexibility index (Phi) is 3.74. The van der Waals surface area contributed by atoms with E-state index in [0.29, 0.717) is 24.5 Å². The number of ether oxygens (including phenoxy) is 2. The van der Waals surface area contributed by atoms with Gasteiger partial charge in [0.15, 0.2) is 17.7 Å². The fourth-order valence-electron chi connectivity index (χ4n) is 3.20. The van der Waals surface area contributed by atoms with Crippen LogP contribution in [0.1, 0.15) is 6.42 Å². The highest BCUT2D eigenvalue weighted by Gasteiger charge is 2.40. The Morgan fingerprint density at radius 3 is 2.33 bits per heavy atom. The Bertz CT molecular complexity index is 760. The highest BCUT2D eigenvalue weighted by molar-refractivity contribution is 5.78. The van der Waals surface area contributed by atoms with E-state index in [1.165, 1.54) is 0 Å². The first kappa shape index (κ1) is 14.8. The van der Waals surface area contributed by atoms with E-state index in [-0.39, 0.29) is 0 Å². The molecule has 1 fully saturated rings. The summed E-state index contributed by atoms with van der Waals surface area (Å²) in [6.45, 7) is 0.410. The van der Waals surface area contributed by atoms with Crippen molar-refractivity contribution in [1.82, 2.24) is 0 Å². The first-order valence-corrected chi connectivity index (χ1v) is 7.78. The van der Waals surface area contributed by atoms with Crippen LogP contribution in [0.5, 0.6) is 11.5 Å². The molecular formula is C17H16N4O3. The Balaban J connectivity index is 1.81.